The fraction of sp³-hybridized carbons (Fsp3) is 1.00. The Labute approximate surface area is 101 Å². The van der Waals surface area contributed by atoms with Crippen molar-refractivity contribution in [2.75, 3.05) is 0 Å². The first-order valence-corrected chi connectivity index (χ1v) is 7.15. The van der Waals surface area contributed by atoms with Crippen molar-refractivity contribution in [3.05, 3.63) is 0 Å². The molecule has 5 atom stereocenters. The van der Waals surface area contributed by atoms with Crippen LogP contribution in [0, 0.1) is 23.2 Å². The van der Waals surface area contributed by atoms with Crippen LogP contribution in [0.15, 0.2) is 0 Å². The average molecular weight is 224 g/mol. The van der Waals surface area contributed by atoms with Crippen molar-refractivity contribution in [2.45, 2.75) is 72.5 Å². The van der Waals surface area contributed by atoms with E-state index in [2.05, 4.69) is 34.6 Å². The second kappa shape index (κ2) is 4.33. The number of ether oxygens (including phenoxy) is 1. The zero-order valence-electron chi connectivity index (χ0n) is 11.6. The maximum atomic E-state index is 6.34. The van der Waals surface area contributed by atoms with E-state index in [9.17, 15) is 0 Å². The molecule has 0 bridgehead atoms. The van der Waals surface area contributed by atoms with Crippen LogP contribution in [-0.4, -0.2) is 12.2 Å². The van der Waals surface area contributed by atoms with Crippen molar-refractivity contribution in [3.8, 4) is 0 Å². The molecule has 0 N–H and O–H groups in total. The minimum Gasteiger partial charge on any atom is -0.374 e. The lowest BCUT2D eigenvalue weighted by Gasteiger charge is -2.42. The van der Waals surface area contributed by atoms with Gasteiger partial charge in [-0.25, -0.2) is 0 Å². The van der Waals surface area contributed by atoms with Crippen LogP contribution in [0.25, 0.3) is 0 Å². The van der Waals surface area contributed by atoms with Crippen molar-refractivity contribution in [2.24, 2.45) is 23.2 Å². The van der Waals surface area contributed by atoms with Crippen LogP contribution in [-0.2, 0) is 4.74 Å². The molecule has 2 aliphatic rings. The molecule has 0 spiro atoms. The fourth-order valence-electron chi connectivity index (χ4n) is 4.10. The lowest BCUT2D eigenvalue weighted by atomic mass is 9.61. The van der Waals surface area contributed by atoms with E-state index in [0.717, 1.165) is 17.8 Å². The predicted molar refractivity (Wildman–Crippen MR) is 68.4 cm³/mol. The molecule has 1 heterocycles. The highest BCUT2D eigenvalue weighted by Crippen LogP contribution is 2.55. The van der Waals surface area contributed by atoms with Crippen molar-refractivity contribution >= 4 is 0 Å². The van der Waals surface area contributed by atoms with Gasteiger partial charge in [-0.05, 0) is 43.4 Å². The van der Waals surface area contributed by atoms with Gasteiger partial charge in [-0.1, -0.05) is 34.6 Å². The van der Waals surface area contributed by atoms with Crippen molar-refractivity contribution in [1.82, 2.24) is 0 Å². The van der Waals surface area contributed by atoms with E-state index < -0.39 is 0 Å². The van der Waals surface area contributed by atoms with Crippen LogP contribution in [0.3, 0.4) is 0 Å². The second-order valence-electron chi connectivity index (χ2n) is 6.62. The average Bonchev–Trinajstić information content (AvgIpc) is 2.53. The summed E-state index contributed by atoms with van der Waals surface area (Å²) in [6, 6.07) is 0. The highest BCUT2D eigenvalue weighted by molar-refractivity contribution is 5.02. The molecule has 5 unspecified atom stereocenters. The Bertz CT molecular complexity index is 248. The van der Waals surface area contributed by atoms with Crippen molar-refractivity contribution < 1.29 is 4.74 Å². The summed E-state index contributed by atoms with van der Waals surface area (Å²) in [4.78, 5) is 0. The highest BCUT2D eigenvalue weighted by atomic mass is 16.5. The molecule has 0 amide bonds. The van der Waals surface area contributed by atoms with Crippen LogP contribution < -0.4 is 0 Å². The Balaban J connectivity index is 2.25. The van der Waals surface area contributed by atoms with Gasteiger partial charge in [-0.15, -0.1) is 0 Å². The van der Waals surface area contributed by atoms with Gasteiger partial charge in [-0.2, -0.15) is 0 Å². The molecule has 0 aromatic heterocycles. The highest BCUT2D eigenvalue weighted by Gasteiger charge is 2.54. The van der Waals surface area contributed by atoms with Gasteiger partial charge in [-0.3, -0.25) is 0 Å². The van der Waals surface area contributed by atoms with Crippen LogP contribution in [0.2, 0.25) is 0 Å². The second-order valence-corrected chi connectivity index (χ2v) is 6.62. The van der Waals surface area contributed by atoms with E-state index in [-0.39, 0.29) is 0 Å². The number of fused-ring (bicyclic) bond motifs is 1. The van der Waals surface area contributed by atoms with Crippen molar-refractivity contribution in [3.63, 3.8) is 0 Å². The minimum absolute atomic E-state index is 0.411. The molecule has 0 radical (unpaired) electrons. The lowest BCUT2D eigenvalue weighted by molar-refractivity contribution is -0.00427. The Morgan fingerprint density at radius 3 is 2.56 bits per heavy atom. The monoisotopic (exact) mass is 224 g/mol. The van der Waals surface area contributed by atoms with E-state index in [1.807, 2.05) is 0 Å². The van der Waals surface area contributed by atoms with Crippen molar-refractivity contribution in [1.29, 1.82) is 0 Å². The third-order valence-electron chi connectivity index (χ3n) is 5.50. The molecular weight excluding hydrogens is 196 g/mol. The van der Waals surface area contributed by atoms with Crippen LogP contribution in [0.5, 0.6) is 0 Å². The molecule has 1 saturated heterocycles. The molecule has 16 heavy (non-hydrogen) atoms. The smallest absolute Gasteiger partial charge is 0.0636 e. The summed E-state index contributed by atoms with van der Waals surface area (Å²) in [6.45, 7) is 11.9. The van der Waals surface area contributed by atoms with E-state index in [1.54, 1.807) is 0 Å². The molecular formula is C15H28O. The van der Waals surface area contributed by atoms with Gasteiger partial charge in [0.1, 0.15) is 0 Å². The Morgan fingerprint density at radius 1 is 1.31 bits per heavy atom. The summed E-state index contributed by atoms with van der Waals surface area (Å²) in [5.41, 5.74) is 0.411. The molecule has 0 aromatic rings. The summed E-state index contributed by atoms with van der Waals surface area (Å²) in [6.07, 6.45) is 6.28. The first kappa shape index (κ1) is 12.4. The Morgan fingerprint density at radius 2 is 2.00 bits per heavy atom. The molecule has 2 fully saturated rings. The van der Waals surface area contributed by atoms with Gasteiger partial charge >= 0.3 is 0 Å². The number of rotatable bonds is 2. The van der Waals surface area contributed by atoms with Gasteiger partial charge in [0.15, 0.2) is 0 Å². The molecule has 2 rings (SSSR count). The Kier molecular flexibility index (Phi) is 3.36. The van der Waals surface area contributed by atoms with Crippen LogP contribution in [0.1, 0.15) is 60.3 Å². The van der Waals surface area contributed by atoms with E-state index in [0.29, 0.717) is 17.6 Å². The summed E-state index contributed by atoms with van der Waals surface area (Å²) >= 11 is 0. The van der Waals surface area contributed by atoms with E-state index in [4.69, 9.17) is 4.74 Å². The number of hydrogen-bond acceptors (Lipinski definition) is 1. The first-order valence-electron chi connectivity index (χ1n) is 7.15. The zero-order chi connectivity index (χ0) is 11.9. The maximum absolute atomic E-state index is 6.34. The molecule has 1 aliphatic carbocycles. The number of hydrogen-bond donors (Lipinski definition) is 0. The molecule has 1 nitrogen and oxygen atoms in total. The molecule has 94 valence electrons. The predicted octanol–water partition coefficient (Wildman–Crippen LogP) is 4.26. The van der Waals surface area contributed by atoms with Gasteiger partial charge in [0, 0.05) is 5.41 Å². The fourth-order valence-corrected chi connectivity index (χ4v) is 4.10. The maximum Gasteiger partial charge on any atom is 0.0636 e. The van der Waals surface area contributed by atoms with Gasteiger partial charge in [0.05, 0.1) is 12.2 Å². The minimum atomic E-state index is 0.411. The van der Waals surface area contributed by atoms with Gasteiger partial charge in [0.2, 0.25) is 0 Å². The molecule has 1 aliphatic heterocycles. The summed E-state index contributed by atoms with van der Waals surface area (Å²) in [7, 11) is 0. The lowest BCUT2D eigenvalue weighted by Crippen LogP contribution is -2.41. The SMILES string of the molecule is CCC1OC2CCC(C)CC2C1(C)C(C)C. The Hall–Kier alpha value is -0.0400. The quantitative estimate of drug-likeness (QED) is 0.681. The molecule has 1 heteroatoms. The normalized spacial score (nSPS) is 48.4. The first-order chi connectivity index (χ1) is 7.50. The van der Waals surface area contributed by atoms with Gasteiger partial charge in [0.25, 0.3) is 0 Å². The third-order valence-corrected chi connectivity index (χ3v) is 5.50. The van der Waals surface area contributed by atoms with E-state index in [1.165, 1.54) is 25.7 Å². The summed E-state index contributed by atoms with van der Waals surface area (Å²) in [5, 5.41) is 0. The van der Waals surface area contributed by atoms with E-state index >= 15 is 0 Å². The standard InChI is InChI=1S/C15H28O/c1-6-14-15(5,10(2)3)12-9-11(4)7-8-13(12)16-14/h10-14H,6-9H2,1-5H3. The van der Waals surface area contributed by atoms with Crippen LogP contribution in [0.4, 0.5) is 0 Å². The molecule has 0 aromatic carbocycles. The topological polar surface area (TPSA) is 9.23 Å². The zero-order valence-corrected chi connectivity index (χ0v) is 11.6. The summed E-state index contributed by atoms with van der Waals surface area (Å²) in [5.74, 6) is 2.44. The van der Waals surface area contributed by atoms with Gasteiger partial charge < -0.3 is 4.74 Å². The summed E-state index contributed by atoms with van der Waals surface area (Å²) < 4.78 is 6.34. The largest absolute Gasteiger partial charge is 0.374 e. The van der Waals surface area contributed by atoms with Crippen LogP contribution >= 0.6 is 0 Å². The molecule has 1 saturated carbocycles. The third kappa shape index (κ3) is 1.72.